The summed E-state index contributed by atoms with van der Waals surface area (Å²) in [7, 11) is 15.4. The van der Waals surface area contributed by atoms with E-state index in [1.807, 2.05) is 177 Å². The molecule has 0 spiro atoms. The summed E-state index contributed by atoms with van der Waals surface area (Å²) in [5.41, 5.74) is 4.11. The Hall–Kier alpha value is -2.92. The van der Waals surface area contributed by atoms with Gasteiger partial charge in [-0.2, -0.15) is 8.42 Å². The first-order chi connectivity index (χ1) is 49.7. The van der Waals surface area contributed by atoms with Crippen LogP contribution in [0.3, 0.4) is 0 Å². The van der Waals surface area contributed by atoms with Gasteiger partial charge in [-0.15, -0.1) is 0 Å². The number of benzene rings is 2. The molecule has 104 heavy (non-hydrogen) atoms. The Morgan fingerprint density at radius 2 is 0.663 bits per heavy atom. The van der Waals surface area contributed by atoms with Crippen molar-refractivity contribution >= 4 is 171 Å². The first-order valence-electron chi connectivity index (χ1n) is 36.6. The number of carbonyl (C=O) groups excluding carboxylic acids is 5. The second kappa shape index (κ2) is 57.2. The molecule has 590 valence electrons. The highest BCUT2D eigenvalue weighted by Crippen LogP contribution is 2.43. The summed E-state index contributed by atoms with van der Waals surface area (Å²) in [6.07, 6.45) is 25.9. The lowest BCUT2D eigenvalue weighted by molar-refractivity contribution is -0.142. The Balaban J connectivity index is 0.000000340. The van der Waals surface area contributed by atoms with Gasteiger partial charge < -0.3 is 47.0 Å². The third kappa shape index (κ3) is 47.9. The van der Waals surface area contributed by atoms with Crippen molar-refractivity contribution in [2.24, 2.45) is 0 Å². The predicted molar refractivity (Wildman–Crippen MR) is 442 cm³/mol. The van der Waals surface area contributed by atoms with Crippen LogP contribution in [0.25, 0.3) is 0 Å². The lowest BCUT2D eigenvalue weighted by Gasteiger charge is -2.15. The summed E-state index contributed by atoms with van der Waals surface area (Å²) in [5.74, 6) is 1.13. The van der Waals surface area contributed by atoms with Crippen molar-refractivity contribution in [2.75, 3.05) is 34.5 Å². The van der Waals surface area contributed by atoms with Crippen LogP contribution in [0.2, 0.25) is 0 Å². The van der Waals surface area contributed by atoms with E-state index in [2.05, 4.69) is 26.6 Å². The topological polar surface area (TPSA) is 349 Å². The molecule has 10 N–H and O–H groups in total. The smallest absolute Gasteiger partial charge is 0.326 e. The molecule has 21 nitrogen and oxygen atoms in total. The highest BCUT2D eigenvalue weighted by atomic mass is 33.1. The zero-order valence-corrected chi connectivity index (χ0v) is 70.0. The van der Waals surface area contributed by atoms with Crippen LogP contribution in [0.15, 0.2) is 48.5 Å². The van der Waals surface area contributed by atoms with Crippen LogP contribution in [0, 0.1) is 13.8 Å². The van der Waals surface area contributed by atoms with E-state index in [1.165, 1.54) is 73.7 Å². The fourth-order valence-electron chi connectivity index (χ4n) is 11.1. The van der Waals surface area contributed by atoms with Gasteiger partial charge in [-0.25, -0.2) is 19.2 Å². The molecule has 5 heterocycles. The Kier molecular flexibility index (Phi) is 52.4. The van der Waals surface area contributed by atoms with Crippen LogP contribution in [0.1, 0.15) is 223 Å². The monoisotopic (exact) mass is 1660 g/mol. The fourth-order valence-corrected chi connectivity index (χ4v) is 26.9. The van der Waals surface area contributed by atoms with Crippen molar-refractivity contribution in [1.82, 2.24) is 26.6 Å². The summed E-state index contributed by atoms with van der Waals surface area (Å²) in [5, 5.41) is 53.2. The highest BCUT2D eigenvalue weighted by Gasteiger charge is 2.26. The number of aliphatic carboxylic acids is 4. The Morgan fingerprint density at radius 3 is 0.894 bits per heavy atom. The van der Waals surface area contributed by atoms with E-state index in [0.29, 0.717) is 57.8 Å². The molecule has 7 rings (SSSR count). The summed E-state index contributed by atoms with van der Waals surface area (Å²) in [4.78, 5) is 103. The summed E-state index contributed by atoms with van der Waals surface area (Å²) >= 11 is 0. The third-order valence-electron chi connectivity index (χ3n) is 17.0. The number of aryl methyl sites for hydroxylation is 2. The van der Waals surface area contributed by atoms with E-state index in [1.54, 1.807) is 13.8 Å². The van der Waals surface area contributed by atoms with Gasteiger partial charge in [0.2, 0.25) is 29.5 Å². The number of carbonyl (C=O) groups is 9. The number of amides is 5. The maximum absolute atomic E-state index is 12.0. The molecule has 5 fully saturated rings. The first kappa shape index (κ1) is 95.3. The summed E-state index contributed by atoms with van der Waals surface area (Å²) < 4.78 is 29.9. The van der Waals surface area contributed by atoms with Gasteiger partial charge in [0.25, 0.3) is 10.1 Å². The molecule has 5 unspecified atom stereocenters. The highest BCUT2D eigenvalue weighted by molar-refractivity contribution is 8.78. The molecule has 2 aromatic rings. The SMILES string of the molecule is CC(CS(=O)(=O)O)NC(=O)CCCC[C@@H]1CCSS1.CCC(NC(=O)CCCC[C@@H]1CCSS1)C(=O)O.CCCC(NC(=O)CCCC[C@@H]1CCSS1)C(=O)O.Cc1ccc(CC(NC(=O)CCCC[C@@H]2CCSS2)C(=O)O)cc1.Cc1ccc(CC(NC(=O)CCCC[C@@H]2CCSS2)C(=O)O)cc1. The van der Waals surface area contributed by atoms with Gasteiger partial charge in [0.15, 0.2) is 0 Å². The van der Waals surface area contributed by atoms with Crippen molar-refractivity contribution in [3.63, 3.8) is 0 Å². The molecular formula is C72H115N5O16S11. The molecule has 5 amide bonds. The molecule has 0 aliphatic carbocycles. The van der Waals surface area contributed by atoms with Crippen molar-refractivity contribution in [1.29, 1.82) is 0 Å². The first-order valence-corrected chi connectivity index (χ1v) is 50.1. The molecule has 0 saturated carbocycles. The maximum Gasteiger partial charge on any atom is 0.326 e. The van der Waals surface area contributed by atoms with E-state index < -0.39 is 70.0 Å². The normalized spacial score (nSPS) is 19.6. The van der Waals surface area contributed by atoms with Gasteiger partial charge in [-0.3, -0.25) is 28.5 Å². The van der Waals surface area contributed by atoms with Crippen molar-refractivity contribution in [2.45, 2.75) is 284 Å². The van der Waals surface area contributed by atoms with Gasteiger partial charge in [0.1, 0.15) is 24.2 Å². The Bertz CT molecular complexity index is 2820. The van der Waals surface area contributed by atoms with Crippen LogP contribution >= 0.6 is 108 Å². The van der Waals surface area contributed by atoms with Crippen molar-refractivity contribution < 1.29 is 76.5 Å². The Labute approximate surface area is 658 Å². The largest absolute Gasteiger partial charge is 0.480 e. The van der Waals surface area contributed by atoms with Gasteiger partial charge in [-0.05, 0) is 141 Å². The molecule has 0 bridgehead atoms. The second-order valence-corrected chi connectivity index (χ2v) is 41.9. The molecule has 5 saturated heterocycles. The molecule has 5 aliphatic rings. The maximum atomic E-state index is 12.0. The summed E-state index contributed by atoms with van der Waals surface area (Å²) in [6, 6.07) is 11.7. The van der Waals surface area contributed by atoms with E-state index in [9.17, 15) is 61.8 Å². The minimum Gasteiger partial charge on any atom is -0.480 e. The lowest BCUT2D eigenvalue weighted by atomic mass is 10.0. The molecule has 2 aromatic carbocycles. The predicted octanol–water partition coefficient (Wildman–Crippen LogP) is 15.5. The van der Waals surface area contributed by atoms with E-state index >= 15 is 0 Å². The zero-order valence-electron chi connectivity index (χ0n) is 61.1. The average Bonchev–Trinajstić information content (AvgIpc) is 1.36. The third-order valence-corrected chi connectivity index (χ3v) is 33.0. The number of rotatable bonds is 43. The number of carboxylic acid groups (broad SMARTS) is 4. The lowest BCUT2D eigenvalue weighted by Crippen LogP contribution is -2.42. The molecule has 10 atom stereocenters. The van der Waals surface area contributed by atoms with Gasteiger partial charge >= 0.3 is 23.9 Å². The molecule has 5 aliphatic heterocycles. The van der Waals surface area contributed by atoms with Crippen LogP contribution < -0.4 is 26.6 Å². The van der Waals surface area contributed by atoms with Crippen LogP contribution in [-0.2, 0) is 66.1 Å². The number of carboxylic acids is 4. The zero-order chi connectivity index (χ0) is 76.5. The number of unbranched alkanes of at least 4 members (excludes halogenated alkanes) is 5. The molecular weight excluding hydrogens is 1540 g/mol. The average molecular weight is 1660 g/mol. The second-order valence-electron chi connectivity index (χ2n) is 26.5. The van der Waals surface area contributed by atoms with Gasteiger partial charge in [-0.1, -0.05) is 220 Å². The van der Waals surface area contributed by atoms with Crippen LogP contribution in [0.4, 0.5) is 0 Å². The molecule has 0 aromatic heterocycles. The van der Waals surface area contributed by atoms with Crippen LogP contribution in [-0.4, -0.2) is 178 Å². The van der Waals surface area contributed by atoms with Crippen molar-refractivity contribution in [3.05, 3.63) is 70.8 Å². The quantitative estimate of drug-likeness (QED) is 0.0167. The molecule has 0 radical (unpaired) electrons. The van der Waals surface area contributed by atoms with Crippen molar-refractivity contribution in [3.8, 4) is 0 Å². The standard InChI is InChI=1S/2C18H25NO3S2.C13H23NO3S2.C12H21NO3S2.C11H21NO4S3/c2*1-13-6-8-14(9-7-13)12-16(18(21)22)19-17(20)5-3-2-4-15-10-11-23-24-15;1-2-5-11(13(16)17)14-12(15)7-4-3-6-10-8-9-18-19-10;1-2-10(12(15)16)13-11(14)6-4-3-5-9-7-8-17-18-9;1-9(8-19(14,15)16)12-11(13)5-3-2-4-10-6-7-17-18-10/h2*6-9,15-16H,2-5,10-12H2,1H3,(H,19,20)(H,21,22);10-11H,2-9H2,1H3,(H,14,15)(H,16,17);9-10H,2-8H2,1H3,(H,13,14)(H,15,16);9-10H,2-8H2,1H3,(H,12,13)(H,14,15,16)/t2*15-,16?;10-,11?;9-,10?;9?,10-/m11111/s1. The number of hydrogen-bond acceptors (Lipinski definition) is 21. The van der Waals surface area contributed by atoms with Crippen LogP contribution in [0.5, 0.6) is 0 Å². The number of nitrogens with one attached hydrogen (secondary N) is 5. The number of hydrogen-bond donors (Lipinski definition) is 10. The minimum absolute atomic E-state index is 0.130. The van der Waals surface area contributed by atoms with E-state index in [-0.39, 0.29) is 29.5 Å². The minimum atomic E-state index is -4.03. The molecule has 32 heteroatoms. The fraction of sp³-hybridized carbons (Fsp3) is 0.708. The van der Waals surface area contributed by atoms with E-state index in [4.69, 9.17) is 14.8 Å². The van der Waals surface area contributed by atoms with Gasteiger partial charge in [0, 0.05) is 106 Å². The van der Waals surface area contributed by atoms with Gasteiger partial charge in [0.05, 0.1) is 5.75 Å². The summed E-state index contributed by atoms with van der Waals surface area (Å²) in [6.45, 7) is 9.22. The Morgan fingerprint density at radius 1 is 0.404 bits per heavy atom. The van der Waals surface area contributed by atoms with E-state index in [0.717, 1.165) is 138 Å².